The number of hydrogen-bond donors (Lipinski definition) is 2. The van der Waals surface area contributed by atoms with E-state index < -0.39 is 43.9 Å². The van der Waals surface area contributed by atoms with Crippen LogP contribution in [0.4, 0.5) is 0 Å². The zero-order valence-electron chi connectivity index (χ0n) is 31.5. The molecule has 2 aliphatic rings. The van der Waals surface area contributed by atoms with E-state index in [1.54, 1.807) is 50.3 Å². The van der Waals surface area contributed by atoms with Crippen molar-refractivity contribution in [1.82, 2.24) is 9.79 Å². The summed E-state index contributed by atoms with van der Waals surface area (Å²) in [6.07, 6.45) is 7.31. The number of aryl methyl sites for hydroxylation is 3. The summed E-state index contributed by atoms with van der Waals surface area (Å²) in [4.78, 5) is 60.6. The lowest BCUT2D eigenvalue weighted by atomic mass is 9.91. The highest BCUT2D eigenvalue weighted by Gasteiger charge is 2.33. The maximum absolute atomic E-state index is 14.2. The molecule has 15 nitrogen and oxygen atoms in total. The van der Waals surface area contributed by atoms with Gasteiger partial charge in [0.2, 0.25) is 10.0 Å². The summed E-state index contributed by atoms with van der Waals surface area (Å²) in [6.45, 7) is 6.27. The molecule has 1 saturated heterocycles. The van der Waals surface area contributed by atoms with E-state index in [4.69, 9.17) is 14.1 Å². The van der Waals surface area contributed by atoms with Crippen molar-refractivity contribution < 1.29 is 54.6 Å². The third-order valence-electron chi connectivity index (χ3n) is 8.92. The zero-order chi connectivity index (χ0) is 40.6. The van der Waals surface area contributed by atoms with Gasteiger partial charge in [-0.1, -0.05) is 42.5 Å². The highest BCUT2D eigenvalue weighted by Crippen LogP contribution is 2.31. The molecule has 55 heavy (non-hydrogen) atoms. The molecule has 17 heteroatoms. The molecule has 0 aromatic heterocycles. The summed E-state index contributed by atoms with van der Waals surface area (Å²) in [7, 11) is -4.02. The van der Waals surface area contributed by atoms with E-state index in [2.05, 4.69) is 9.71 Å². The van der Waals surface area contributed by atoms with Crippen molar-refractivity contribution in [2.75, 3.05) is 51.8 Å². The number of nitrogens with zero attached hydrogens (tertiary/aromatic N) is 3. The second-order valence-corrected chi connectivity index (χ2v) is 17.5. The van der Waals surface area contributed by atoms with Crippen LogP contribution in [0.2, 0.25) is 0 Å². The van der Waals surface area contributed by atoms with Crippen molar-refractivity contribution >= 4 is 55.2 Å². The van der Waals surface area contributed by atoms with E-state index >= 15 is 0 Å². The zero-order valence-corrected chi connectivity index (χ0v) is 33.2. The van der Waals surface area contributed by atoms with E-state index in [0.29, 0.717) is 50.6 Å². The molecule has 2 N–H and O–H groups in total. The van der Waals surface area contributed by atoms with Crippen LogP contribution in [0, 0.1) is 20.8 Å². The van der Waals surface area contributed by atoms with Crippen molar-refractivity contribution in [2.24, 2.45) is 4.99 Å². The van der Waals surface area contributed by atoms with Gasteiger partial charge in [-0.3, -0.25) is 19.1 Å². The third-order valence-corrected chi connectivity index (χ3v) is 11.2. The Labute approximate surface area is 321 Å². The monoisotopic (exact) mass is 799 g/mol. The number of amides is 2. The van der Waals surface area contributed by atoms with Gasteiger partial charge >= 0.3 is 11.9 Å². The van der Waals surface area contributed by atoms with E-state index in [1.807, 2.05) is 33.2 Å². The Balaban J connectivity index is 1.49. The number of carbonyl (C=O) groups is 4. The van der Waals surface area contributed by atoms with Crippen LogP contribution in [0.1, 0.15) is 58.3 Å². The SMILES string of the molecule is Cc1ccccc1/C(C(=O)Oc1c(C)cc(C(=O)ON2C(=O)CCC2=O)cc1C)=C1/C=CC=C/C1=N\CCCS(=O)(=O)NCC[N+](C)(C)CCCS(=O)(=O)O. The molecule has 2 aromatic carbocycles. The molecule has 296 valence electrons. The molecule has 0 unspecified atom stereocenters. The number of benzene rings is 2. The number of ether oxygens (including phenoxy) is 1. The molecule has 2 amide bonds. The van der Waals surface area contributed by atoms with Crippen LogP contribution >= 0.6 is 0 Å². The van der Waals surface area contributed by atoms with Crippen LogP contribution in [0.3, 0.4) is 0 Å². The lowest BCUT2D eigenvalue weighted by Crippen LogP contribution is -2.46. The quantitative estimate of drug-likeness (QED) is 0.0452. The first kappa shape index (κ1) is 42.9. The number of quaternary nitrogens is 1. The molecule has 0 radical (unpaired) electrons. The number of hydroxylamine groups is 2. The Morgan fingerprint density at radius 2 is 1.53 bits per heavy atom. The van der Waals surface area contributed by atoms with Crippen molar-refractivity contribution in [2.45, 2.75) is 46.5 Å². The second kappa shape index (κ2) is 18.2. The van der Waals surface area contributed by atoms with Gasteiger partial charge in [-0.2, -0.15) is 8.42 Å². The summed E-state index contributed by atoms with van der Waals surface area (Å²) in [5.41, 5.74) is 3.43. The Bertz CT molecular complexity index is 2150. The lowest BCUT2D eigenvalue weighted by molar-refractivity contribution is -0.889. The van der Waals surface area contributed by atoms with Crippen molar-refractivity contribution in [3.8, 4) is 5.75 Å². The minimum absolute atomic E-state index is 0.0400. The molecule has 0 spiro atoms. The predicted molar refractivity (Wildman–Crippen MR) is 206 cm³/mol. The normalized spacial score (nSPS) is 16.5. The number of rotatable bonds is 17. The molecule has 0 saturated carbocycles. The topological polar surface area (TPSA) is 203 Å². The van der Waals surface area contributed by atoms with Crippen LogP contribution < -0.4 is 9.46 Å². The van der Waals surface area contributed by atoms with Gasteiger partial charge in [-0.25, -0.2) is 22.7 Å². The summed E-state index contributed by atoms with van der Waals surface area (Å²) in [5, 5.41) is 0.466. The predicted octanol–water partition coefficient (Wildman–Crippen LogP) is 3.42. The van der Waals surface area contributed by atoms with Gasteiger partial charge in [-0.15, -0.1) is 5.06 Å². The highest BCUT2D eigenvalue weighted by molar-refractivity contribution is 7.89. The largest absolute Gasteiger partial charge is 0.422 e. The number of allylic oxidation sites excluding steroid dienone is 5. The minimum atomic E-state index is -4.06. The minimum Gasteiger partial charge on any atom is -0.422 e. The van der Waals surface area contributed by atoms with Gasteiger partial charge < -0.3 is 14.1 Å². The summed E-state index contributed by atoms with van der Waals surface area (Å²) in [5.74, 6) is -3.17. The maximum Gasteiger partial charge on any atom is 0.363 e. The summed E-state index contributed by atoms with van der Waals surface area (Å²) in [6, 6.07) is 10.2. The van der Waals surface area contributed by atoms with Crippen LogP contribution in [-0.2, 0) is 39.4 Å². The Kier molecular flexibility index (Phi) is 14.2. The maximum atomic E-state index is 14.2. The van der Waals surface area contributed by atoms with Crippen LogP contribution in [-0.4, -0.2) is 112 Å². The second-order valence-electron chi connectivity index (χ2n) is 14.0. The number of nitrogens with one attached hydrogen (secondary N) is 1. The molecule has 4 rings (SSSR count). The van der Waals surface area contributed by atoms with E-state index in [1.165, 1.54) is 12.1 Å². The average Bonchev–Trinajstić information content (AvgIpc) is 3.41. The van der Waals surface area contributed by atoms with Crippen LogP contribution in [0.15, 0.2) is 71.3 Å². The number of hydrogen-bond acceptors (Lipinski definition) is 11. The number of imide groups is 1. The first-order valence-corrected chi connectivity index (χ1v) is 20.9. The number of likely N-dealkylation sites (N-methyl/N-ethyl adjacent to an activating group) is 1. The molecule has 0 bridgehead atoms. The van der Waals surface area contributed by atoms with Crippen LogP contribution in [0.5, 0.6) is 5.75 Å². The van der Waals surface area contributed by atoms with Gasteiger partial charge in [0.1, 0.15) is 5.75 Å². The molecule has 0 atom stereocenters. The smallest absolute Gasteiger partial charge is 0.363 e. The van der Waals surface area contributed by atoms with Gasteiger partial charge in [-0.05, 0) is 67.7 Å². The van der Waals surface area contributed by atoms with E-state index in [0.717, 1.165) is 5.56 Å². The molecule has 1 heterocycles. The fourth-order valence-corrected chi connectivity index (χ4v) is 7.57. The highest BCUT2D eigenvalue weighted by atomic mass is 32.2. The number of carbonyl (C=O) groups excluding carboxylic acids is 4. The molecule has 1 aliphatic carbocycles. The number of aliphatic imine (C=N–C) groups is 1. The van der Waals surface area contributed by atoms with Gasteiger partial charge in [0, 0.05) is 31.4 Å². The third kappa shape index (κ3) is 12.3. The van der Waals surface area contributed by atoms with Crippen molar-refractivity contribution in [3.05, 3.63) is 94.1 Å². The van der Waals surface area contributed by atoms with E-state index in [-0.39, 0.29) is 67.2 Å². The molecular formula is C38H47N4O11S2+. The molecular weight excluding hydrogens is 753 g/mol. The molecule has 1 aliphatic heterocycles. The number of esters is 1. The first-order chi connectivity index (χ1) is 25.8. The lowest BCUT2D eigenvalue weighted by Gasteiger charge is -2.29. The first-order valence-electron chi connectivity index (χ1n) is 17.6. The average molecular weight is 800 g/mol. The fourth-order valence-electron chi connectivity index (χ4n) is 6.02. The summed E-state index contributed by atoms with van der Waals surface area (Å²) < 4.78 is 65.4. The fraction of sp³-hybridized carbons (Fsp3) is 0.395. The summed E-state index contributed by atoms with van der Waals surface area (Å²) >= 11 is 0. The Hall–Kier alpha value is -4.81. The standard InChI is InChI=1S/C38H46N4O11S2/c1-26-12-6-7-13-30(26)35(38(46)52-36-27(2)24-29(25-28(36)3)37(45)53-41-33(43)16-17-34(41)44)31-14-8-9-15-32(31)39-18-10-22-54(47,48)40-19-21-42(4,5)20-11-23-55(49,50)51/h6-9,12-15,24-25,40H,10-11,16-23H2,1-5H3/p+1/b35-31+,39-32+. The van der Waals surface area contributed by atoms with E-state index in [9.17, 15) is 36.0 Å². The van der Waals surface area contributed by atoms with Gasteiger partial charge in [0.05, 0.1) is 62.1 Å². The van der Waals surface area contributed by atoms with Gasteiger partial charge in [0.15, 0.2) is 0 Å². The van der Waals surface area contributed by atoms with Crippen molar-refractivity contribution in [1.29, 1.82) is 0 Å². The Morgan fingerprint density at radius 1 is 0.891 bits per heavy atom. The number of sulfonamides is 1. The van der Waals surface area contributed by atoms with Crippen LogP contribution in [0.25, 0.3) is 5.57 Å². The van der Waals surface area contributed by atoms with Crippen molar-refractivity contribution in [3.63, 3.8) is 0 Å². The molecule has 2 aromatic rings. The Morgan fingerprint density at radius 3 is 2.16 bits per heavy atom. The van der Waals surface area contributed by atoms with Gasteiger partial charge in [0.25, 0.3) is 21.9 Å². The molecule has 1 fully saturated rings.